The fourth-order valence-electron chi connectivity index (χ4n) is 1.89. The second-order valence-electron chi connectivity index (χ2n) is 4.83. The van der Waals surface area contributed by atoms with Gasteiger partial charge in [-0.3, -0.25) is 4.79 Å². The largest absolute Gasteiger partial charge is 0.481 e. The lowest BCUT2D eigenvalue weighted by molar-refractivity contribution is -0.141. The van der Waals surface area contributed by atoms with Crippen molar-refractivity contribution >= 4 is 5.97 Å². The number of hydrogen-bond donors (Lipinski definition) is 2. The molecule has 1 unspecified atom stereocenters. The van der Waals surface area contributed by atoms with Gasteiger partial charge in [0.2, 0.25) is 0 Å². The summed E-state index contributed by atoms with van der Waals surface area (Å²) in [6.07, 6.45) is 9.00. The summed E-state index contributed by atoms with van der Waals surface area (Å²) >= 11 is 0. The molecule has 0 aliphatic heterocycles. The van der Waals surface area contributed by atoms with Gasteiger partial charge in [-0.25, -0.2) is 0 Å². The van der Waals surface area contributed by atoms with Gasteiger partial charge in [0.15, 0.2) is 0 Å². The molecule has 0 aromatic carbocycles. The number of carboxylic acid groups (broad SMARTS) is 1. The Balaban J connectivity index is 3.50. The third-order valence-corrected chi connectivity index (χ3v) is 3.14. The molecular weight excluding hydrogens is 226 g/mol. The Morgan fingerprint density at radius 2 is 1.83 bits per heavy atom. The molecule has 0 aromatic heterocycles. The maximum atomic E-state index is 10.6. The highest BCUT2D eigenvalue weighted by atomic mass is 16.4. The van der Waals surface area contributed by atoms with Crippen LogP contribution in [0, 0.1) is 11.8 Å². The summed E-state index contributed by atoms with van der Waals surface area (Å²) in [6.45, 7) is 11.0. The number of carbonyl (C=O) groups is 1. The van der Waals surface area contributed by atoms with Crippen LogP contribution in [0.2, 0.25) is 0 Å². The molecule has 3 nitrogen and oxygen atoms in total. The molecule has 104 valence electrons. The fourth-order valence-corrected chi connectivity index (χ4v) is 1.89. The molecular formula is C15H27NO2. The number of rotatable bonds is 12. The SMILES string of the molecule is C=CCC(CC=C)CCCNCCC(C)C(=O)O. The Kier molecular flexibility index (Phi) is 10.4. The van der Waals surface area contributed by atoms with Gasteiger partial charge in [0, 0.05) is 0 Å². The van der Waals surface area contributed by atoms with Crippen LogP contribution in [0.1, 0.15) is 39.0 Å². The molecule has 0 saturated carbocycles. The molecule has 0 radical (unpaired) electrons. The fraction of sp³-hybridized carbons (Fsp3) is 0.667. The lowest BCUT2D eigenvalue weighted by atomic mass is 9.96. The van der Waals surface area contributed by atoms with Crippen LogP contribution < -0.4 is 5.32 Å². The first-order chi connectivity index (χ1) is 8.61. The molecule has 0 aromatic rings. The second kappa shape index (κ2) is 11.0. The number of allylic oxidation sites excluding steroid dienone is 2. The standard InChI is InChI=1S/C15H27NO2/c1-4-7-14(8-5-2)9-6-11-16-12-10-13(3)15(17)18/h4-5,13-14,16H,1-2,6-12H2,3H3,(H,17,18). The summed E-state index contributed by atoms with van der Waals surface area (Å²) in [5, 5.41) is 12.0. The molecule has 0 saturated heterocycles. The van der Waals surface area contributed by atoms with Gasteiger partial charge in [-0.1, -0.05) is 19.1 Å². The maximum Gasteiger partial charge on any atom is 0.306 e. The van der Waals surface area contributed by atoms with Crippen molar-refractivity contribution in [1.29, 1.82) is 0 Å². The Hall–Kier alpha value is -1.09. The van der Waals surface area contributed by atoms with E-state index in [2.05, 4.69) is 18.5 Å². The average Bonchev–Trinajstić information content (AvgIpc) is 2.33. The zero-order valence-electron chi connectivity index (χ0n) is 11.5. The van der Waals surface area contributed by atoms with E-state index in [-0.39, 0.29) is 5.92 Å². The van der Waals surface area contributed by atoms with Crippen LogP contribution in [0.15, 0.2) is 25.3 Å². The number of carboxylic acids is 1. The van der Waals surface area contributed by atoms with Crippen molar-refractivity contribution in [2.24, 2.45) is 11.8 Å². The van der Waals surface area contributed by atoms with Gasteiger partial charge in [-0.05, 0) is 51.1 Å². The molecule has 0 fully saturated rings. The van der Waals surface area contributed by atoms with Crippen LogP contribution in [-0.4, -0.2) is 24.2 Å². The molecule has 18 heavy (non-hydrogen) atoms. The molecule has 0 spiro atoms. The summed E-state index contributed by atoms with van der Waals surface area (Å²) in [5.41, 5.74) is 0. The van der Waals surface area contributed by atoms with Gasteiger partial charge in [0.05, 0.1) is 5.92 Å². The third-order valence-electron chi connectivity index (χ3n) is 3.14. The number of nitrogens with one attached hydrogen (secondary N) is 1. The van der Waals surface area contributed by atoms with Crippen molar-refractivity contribution in [2.75, 3.05) is 13.1 Å². The molecule has 0 aliphatic rings. The molecule has 0 bridgehead atoms. The summed E-state index contributed by atoms with van der Waals surface area (Å²) in [5.74, 6) is -0.319. The lowest BCUT2D eigenvalue weighted by Crippen LogP contribution is -2.22. The van der Waals surface area contributed by atoms with Crippen molar-refractivity contribution in [3.8, 4) is 0 Å². The minimum Gasteiger partial charge on any atom is -0.481 e. The zero-order valence-corrected chi connectivity index (χ0v) is 11.5. The van der Waals surface area contributed by atoms with Crippen LogP contribution in [0.3, 0.4) is 0 Å². The summed E-state index contributed by atoms with van der Waals surface area (Å²) in [4.78, 5) is 10.6. The van der Waals surface area contributed by atoms with Gasteiger partial charge in [0.25, 0.3) is 0 Å². The minimum atomic E-state index is -0.714. The van der Waals surface area contributed by atoms with E-state index in [1.165, 1.54) is 6.42 Å². The first kappa shape index (κ1) is 16.9. The summed E-state index contributed by atoms with van der Waals surface area (Å²) in [6, 6.07) is 0. The monoisotopic (exact) mass is 253 g/mol. The summed E-state index contributed by atoms with van der Waals surface area (Å²) in [7, 11) is 0. The highest BCUT2D eigenvalue weighted by Gasteiger charge is 2.09. The second-order valence-corrected chi connectivity index (χ2v) is 4.83. The quantitative estimate of drug-likeness (QED) is 0.415. The van der Waals surface area contributed by atoms with Gasteiger partial charge in [-0.2, -0.15) is 0 Å². The van der Waals surface area contributed by atoms with Crippen molar-refractivity contribution < 1.29 is 9.90 Å². The maximum absolute atomic E-state index is 10.6. The van der Waals surface area contributed by atoms with Crippen LogP contribution in [-0.2, 0) is 4.79 Å². The predicted octanol–water partition coefficient (Wildman–Crippen LogP) is 3.24. The van der Waals surface area contributed by atoms with E-state index < -0.39 is 5.97 Å². The van der Waals surface area contributed by atoms with Gasteiger partial charge >= 0.3 is 5.97 Å². The smallest absolute Gasteiger partial charge is 0.306 e. The normalized spacial score (nSPS) is 12.3. The summed E-state index contributed by atoms with van der Waals surface area (Å²) < 4.78 is 0. The van der Waals surface area contributed by atoms with Crippen LogP contribution in [0.25, 0.3) is 0 Å². The zero-order chi connectivity index (χ0) is 13.8. The minimum absolute atomic E-state index is 0.258. The molecule has 3 heteroatoms. The highest BCUT2D eigenvalue weighted by Crippen LogP contribution is 2.16. The Bertz CT molecular complexity index is 241. The van der Waals surface area contributed by atoms with Crippen molar-refractivity contribution in [3.05, 3.63) is 25.3 Å². The topological polar surface area (TPSA) is 49.3 Å². The number of aliphatic carboxylic acids is 1. The van der Waals surface area contributed by atoms with Crippen LogP contribution >= 0.6 is 0 Å². The van der Waals surface area contributed by atoms with E-state index in [1.807, 2.05) is 12.2 Å². The molecule has 0 aliphatic carbocycles. The molecule has 0 rings (SSSR count). The van der Waals surface area contributed by atoms with Crippen molar-refractivity contribution in [1.82, 2.24) is 5.32 Å². The van der Waals surface area contributed by atoms with E-state index >= 15 is 0 Å². The highest BCUT2D eigenvalue weighted by molar-refractivity contribution is 5.69. The van der Waals surface area contributed by atoms with Gasteiger partial charge in [-0.15, -0.1) is 13.2 Å². The van der Waals surface area contributed by atoms with E-state index in [0.717, 1.165) is 32.4 Å². The van der Waals surface area contributed by atoms with E-state index in [0.29, 0.717) is 12.3 Å². The first-order valence-electron chi connectivity index (χ1n) is 6.77. The molecule has 2 N–H and O–H groups in total. The Morgan fingerprint density at radius 3 is 2.33 bits per heavy atom. The Morgan fingerprint density at radius 1 is 1.22 bits per heavy atom. The Labute approximate surface area is 111 Å². The average molecular weight is 253 g/mol. The molecule has 0 amide bonds. The number of hydrogen-bond acceptors (Lipinski definition) is 2. The van der Waals surface area contributed by atoms with E-state index in [4.69, 9.17) is 5.11 Å². The lowest BCUT2D eigenvalue weighted by Gasteiger charge is -2.13. The van der Waals surface area contributed by atoms with Gasteiger partial charge < -0.3 is 10.4 Å². The van der Waals surface area contributed by atoms with E-state index in [9.17, 15) is 4.79 Å². The van der Waals surface area contributed by atoms with Gasteiger partial charge in [0.1, 0.15) is 0 Å². The molecule has 1 atom stereocenters. The van der Waals surface area contributed by atoms with Crippen molar-refractivity contribution in [3.63, 3.8) is 0 Å². The predicted molar refractivity (Wildman–Crippen MR) is 76.6 cm³/mol. The van der Waals surface area contributed by atoms with Crippen LogP contribution in [0.4, 0.5) is 0 Å². The third kappa shape index (κ3) is 8.99. The molecule has 0 heterocycles. The van der Waals surface area contributed by atoms with Crippen molar-refractivity contribution in [2.45, 2.75) is 39.0 Å². The van der Waals surface area contributed by atoms with Crippen LogP contribution in [0.5, 0.6) is 0 Å². The first-order valence-corrected chi connectivity index (χ1v) is 6.77. The van der Waals surface area contributed by atoms with E-state index in [1.54, 1.807) is 6.92 Å².